The Balaban J connectivity index is 1.43. The van der Waals surface area contributed by atoms with Gasteiger partial charge in [0.05, 0.1) is 20.3 Å². The average Bonchev–Trinajstić information content (AvgIpc) is 3.27. The van der Waals surface area contributed by atoms with E-state index in [9.17, 15) is 0 Å². The Hall–Kier alpha value is -1.99. The van der Waals surface area contributed by atoms with Crippen LogP contribution in [0.4, 0.5) is 0 Å². The number of rotatable bonds is 9. The minimum Gasteiger partial charge on any atom is -0.497 e. The molecule has 2 heterocycles. The maximum atomic E-state index is 5.99. The summed E-state index contributed by atoms with van der Waals surface area (Å²) < 4.78 is 16.8. The Labute approximate surface area is 181 Å². The summed E-state index contributed by atoms with van der Waals surface area (Å²) in [5.41, 5.74) is 0. The minimum atomic E-state index is -0.0250. The van der Waals surface area contributed by atoms with Gasteiger partial charge in [0.15, 0.2) is 5.96 Å². The molecule has 2 aliphatic heterocycles. The van der Waals surface area contributed by atoms with Gasteiger partial charge in [-0.3, -0.25) is 0 Å². The normalized spacial score (nSPS) is 22.0. The summed E-state index contributed by atoms with van der Waals surface area (Å²) in [6.07, 6.45) is 3.48. The van der Waals surface area contributed by atoms with Crippen LogP contribution in [0.25, 0.3) is 0 Å². The second-order valence-electron chi connectivity index (χ2n) is 8.28. The van der Waals surface area contributed by atoms with E-state index >= 15 is 0 Å². The second kappa shape index (κ2) is 12.0. The van der Waals surface area contributed by atoms with Crippen LogP contribution in [-0.4, -0.2) is 76.1 Å². The quantitative estimate of drug-likeness (QED) is 0.475. The molecule has 7 heteroatoms. The van der Waals surface area contributed by atoms with Gasteiger partial charge >= 0.3 is 0 Å². The second-order valence-corrected chi connectivity index (χ2v) is 8.28. The highest BCUT2D eigenvalue weighted by Gasteiger charge is 2.24. The Morgan fingerprint density at radius 2 is 2.07 bits per heavy atom. The molecule has 2 saturated heterocycles. The van der Waals surface area contributed by atoms with E-state index in [0.717, 1.165) is 69.1 Å². The van der Waals surface area contributed by atoms with Crippen LogP contribution in [0.2, 0.25) is 0 Å². The van der Waals surface area contributed by atoms with Crippen LogP contribution >= 0.6 is 0 Å². The molecule has 0 aromatic heterocycles. The summed E-state index contributed by atoms with van der Waals surface area (Å²) in [5, 5.41) is 6.99. The first-order valence-corrected chi connectivity index (χ1v) is 11.3. The minimum absolute atomic E-state index is 0.0250. The van der Waals surface area contributed by atoms with Crippen molar-refractivity contribution < 1.29 is 14.2 Å². The van der Waals surface area contributed by atoms with E-state index in [1.807, 2.05) is 31.2 Å². The summed E-state index contributed by atoms with van der Waals surface area (Å²) in [7, 11) is 1.66. The average molecular weight is 419 g/mol. The molecule has 0 bridgehead atoms. The Morgan fingerprint density at radius 3 is 2.77 bits per heavy atom. The lowest BCUT2D eigenvalue weighted by Gasteiger charge is -2.34. The van der Waals surface area contributed by atoms with Crippen LogP contribution in [-0.2, 0) is 4.74 Å². The summed E-state index contributed by atoms with van der Waals surface area (Å²) in [6, 6.07) is 8.15. The van der Waals surface area contributed by atoms with Crippen molar-refractivity contribution in [1.29, 1.82) is 0 Å². The zero-order valence-corrected chi connectivity index (χ0v) is 18.7. The molecule has 2 N–H and O–H groups in total. The standard InChI is InChI=1S/C23H38N4O3/c1-4-24-23(25-15-18(2)30-22-7-5-6-21(14-22)28-3)26-20-8-11-27(12-9-20)16-19-10-13-29-17-19/h5-7,14,18-20H,4,8-13,15-17H2,1-3H3,(H2,24,25,26). The zero-order valence-electron chi connectivity index (χ0n) is 18.7. The SMILES string of the molecule is CCNC(=NCC(C)Oc1cccc(OC)c1)NC1CCN(CC2CCOC2)CC1. The van der Waals surface area contributed by atoms with Crippen molar-refractivity contribution in [1.82, 2.24) is 15.5 Å². The first kappa shape index (κ1) is 22.7. The largest absolute Gasteiger partial charge is 0.497 e. The molecule has 1 aromatic rings. The van der Waals surface area contributed by atoms with Gasteiger partial charge in [0, 0.05) is 44.9 Å². The number of nitrogens with zero attached hydrogens (tertiary/aromatic N) is 2. The van der Waals surface area contributed by atoms with Gasteiger partial charge in [-0.05, 0) is 51.2 Å². The van der Waals surface area contributed by atoms with Crippen LogP contribution in [0.1, 0.15) is 33.1 Å². The van der Waals surface area contributed by atoms with Crippen molar-refractivity contribution in [3.63, 3.8) is 0 Å². The number of nitrogens with one attached hydrogen (secondary N) is 2. The van der Waals surface area contributed by atoms with Gasteiger partial charge in [0.2, 0.25) is 0 Å². The predicted molar refractivity (Wildman–Crippen MR) is 121 cm³/mol. The molecule has 2 atom stereocenters. The van der Waals surface area contributed by atoms with E-state index in [2.05, 4.69) is 22.5 Å². The Morgan fingerprint density at radius 1 is 1.27 bits per heavy atom. The third-order valence-corrected chi connectivity index (χ3v) is 5.70. The first-order chi connectivity index (χ1) is 14.7. The van der Waals surface area contributed by atoms with E-state index in [0.29, 0.717) is 12.6 Å². The highest BCUT2D eigenvalue weighted by atomic mass is 16.5. The third-order valence-electron chi connectivity index (χ3n) is 5.70. The van der Waals surface area contributed by atoms with Crippen molar-refractivity contribution in [2.75, 3.05) is 53.0 Å². The van der Waals surface area contributed by atoms with Crippen LogP contribution in [0.5, 0.6) is 11.5 Å². The molecule has 30 heavy (non-hydrogen) atoms. The molecule has 1 aromatic carbocycles. The fraction of sp³-hybridized carbons (Fsp3) is 0.696. The molecule has 7 nitrogen and oxygen atoms in total. The van der Waals surface area contributed by atoms with E-state index in [1.54, 1.807) is 7.11 Å². The van der Waals surface area contributed by atoms with Gasteiger partial charge in [0.1, 0.15) is 17.6 Å². The number of ether oxygens (including phenoxy) is 3. The predicted octanol–water partition coefficient (Wildman–Crippen LogP) is 2.52. The van der Waals surface area contributed by atoms with Gasteiger partial charge in [-0.15, -0.1) is 0 Å². The summed E-state index contributed by atoms with van der Waals surface area (Å²) in [6.45, 7) is 10.9. The van der Waals surface area contributed by atoms with Gasteiger partial charge in [-0.2, -0.15) is 0 Å². The highest BCUT2D eigenvalue weighted by molar-refractivity contribution is 5.80. The van der Waals surface area contributed by atoms with Crippen LogP contribution in [0, 0.1) is 5.92 Å². The van der Waals surface area contributed by atoms with Crippen molar-refractivity contribution >= 4 is 5.96 Å². The molecule has 0 aliphatic carbocycles. The topological polar surface area (TPSA) is 67.4 Å². The van der Waals surface area contributed by atoms with Crippen molar-refractivity contribution in [2.45, 2.75) is 45.3 Å². The summed E-state index contributed by atoms with van der Waals surface area (Å²) in [4.78, 5) is 7.35. The molecule has 0 saturated carbocycles. The summed E-state index contributed by atoms with van der Waals surface area (Å²) >= 11 is 0. The number of hydrogen-bond acceptors (Lipinski definition) is 5. The molecule has 0 radical (unpaired) electrons. The first-order valence-electron chi connectivity index (χ1n) is 11.3. The lowest BCUT2D eigenvalue weighted by Crippen LogP contribution is -2.49. The van der Waals surface area contributed by atoms with Crippen LogP contribution in [0.15, 0.2) is 29.3 Å². The number of methoxy groups -OCH3 is 1. The molecule has 0 spiro atoms. The van der Waals surface area contributed by atoms with Crippen molar-refractivity contribution in [2.24, 2.45) is 10.9 Å². The fourth-order valence-corrected chi connectivity index (χ4v) is 4.03. The van der Waals surface area contributed by atoms with Gasteiger partial charge < -0.3 is 29.7 Å². The molecule has 3 rings (SSSR count). The number of likely N-dealkylation sites (tertiary alicyclic amines) is 1. The number of benzene rings is 1. The van der Waals surface area contributed by atoms with Crippen LogP contribution in [0.3, 0.4) is 0 Å². The van der Waals surface area contributed by atoms with E-state index < -0.39 is 0 Å². The van der Waals surface area contributed by atoms with E-state index in [1.165, 1.54) is 13.0 Å². The van der Waals surface area contributed by atoms with Crippen LogP contribution < -0.4 is 20.1 Å². The molecule has 0 amide bonds. The zero-order chi connectivity index (χ0) is 21.2. The van der Waals surface area contributed by atoms with E-state index in [-0.39, 0.29) is 6.10 Å². The number of piperidine rings is 1. The lowest BCUT2D eigenvalue weighted by atomic mass is 10.0. The van der Waals surface area contributed by atoms with Gasteiger partial charge in [-0.1, -0.05) is 6.07 Å². The highest BCUT2D eigenvalue weighted by Crippen LogP contribution is 2.20. The third kappa shape index (κ3) is 7.36. The fourth-order valence-electron chi connectivity index (χ4n) is 4.03. The number of guanidine groups is 1. The number of aliphatic imine (C=N–C) groups is 1. The smallest absolute Gasteiger partial charge is 0.191 e. The van der Waals surface area contributed by atoms with Crippen molar-refractivity contribution in [3.05, 3.63) is 24.3 Å². The maximum absolute atomic E-state index is 5.99. The maximum Gasteiger partial charge on any atom is 0.191 e. The molecular weight excluding hydrogens is 380 g/mol. The lowest BCUT2D eigenvalue weighted by molar-refractivity contribution is 0.150. The molecule has 2 unspecified atom stereocenters. The van der Waals surface area contributed by atoms with Crippen molar-refractivity contribution in [3.8, 4) is 11.5 Å². The van der Waals surface area contributed by atoms with Gasteiger partial charge in [0.25, 0.3) is 0 Å². The monoisotopic (exact) mass is 418 g/mol. The molecule has 2 aliphatic rings. The summed E-state index contributed by atoms with van der Waals surface area (Å²) in [5.74, 6) is 3.20. The molecule has 168 valence electrons. The van der Waals surface area contributed by atoms with E-state index in [4.69, 9.17) is 19.2 Å². The van der Waals surface area contributed by atoms with Gasteiger partial charge in [-0.25, -0.2) is 4.99 Å². The Bertz CT molecular complexity index is 656. The number of hydrogen-bond donors (Lipinski definition) is 2. The molecule has 2 fully saturated rings. The Kier molecular flexibility index (Phi) is 9.08. The molecular formula is C23H38N4O3.